The van der Waals surface area contributed by atoms with Gasteiger partial charge in [-0.15, -0.1) is 0 Å². The highest BCUT2D eigenvalue weighted by molar-refractivity contribution is 6.04. The van der Waals surface area contributed by atoms with E-state index in [-0.39, 0.29) is 17.8 Å². The number of nitrogens with one attached hydrogen (secondary N) is 1. The lowest BCUT2D eigenvalue weighted by Crippen LogP contribution is -2.32. The van der Waals surface area contributed by atoms with Gasteiger partial charge in [-0.25, -0.2) is 0 Å². The molecule has 7 heteroatoms. The topological polar surface area (TPSA) is 80.2 Å². The molecule has 2 aliphatic rings. The van der Waals surface area contributed by atoms with Crippen molar-refractivity contribution < 1.29 is 19.1 Å². The predicted octanol–water partition coefficient (Wildman–Crippen LogP) is 5.61. The van der Waals surface area contributed by atoms with E-state index in [4.69, 9.17) is 9.47 Å². The number of esters is 1. The molecule has 0 saturated carbocycles. The minimum atomic E-state index is -0.142. The molecular weight excluding hydrogens is 478 g/mol. The van der Waals surface area contributed by atoms with E-state index in [1.807, 2.05) is 41.6 Å². The number of anilines is 1. The SMILES string of the molecule is CCCCCCCOC(=O)CC1CCc2ccc(NC(=O)c3ccc(/C=N/N4CCOCC4)cc3)cc2C1. The number of amides is 1. The Morgan fingerprint density at radius 2 is 1.84 bits per heavy atom. The average Bonchev–Trinajstić information content (AvgIpc) is 2.94. The molecule has 1 heterocycles. The summed E-state index contributed by atoms with van der Waals surface area (Å²) in [6.07, 6.45) is 10.8. The van der Waals surface area contributed by atoms with E-state index in [2.05, 4.69) is 29.5 Å². The molecule has 1 fully saturated rings. The second-order valence-corrected chi connectivity index (χ2v) is 10.3. The molecule has 0 radical (unpaired) electrons. The molecule has 0 aromatic heterocycles. The lowest BCUT2D eigenvalue weighted by Gasteiger charge is -2.24. The monoisotopic (exact) mass is 519 g/mol. The van der Waals surface area contributed by atoms with Crippen LogP contribution in [0.3, 0.4) is 0 Å². The number of carbonyl (C=O) groups excluding carboxylic acids is 2. The number of fused-ring (bicyclic) bond motifs is 1. The van der Waals surface area contributed by atoms with Crippen molar-refractivity contribution in [2.24, 2.45) is 11.0 Å². The van der Waals surface area contributed by atoms with Crippen molar-refractivity contribution in [3.63, 3.8) is 0 Å². The number of hydrazone groups is 1. The van der Waals surface area contributed by atoms with Crippen LogP contribution in [0.15, 0.2) is 47.6 Å². The Morgan fingerprint density at radius 1 is 1.05 bits per heavy atom. The molecule has 7 nitrogen and oxygen atoms in total. The van der Waals surface area contributed by atoms with Crippen molar-refractivity contribution in [1.82, 2.24) is 5.01 Å². The third-order valence-electron chi connectivity index (χ3n) is 7.29. The van der Waals surface area contributed by atoms with Crippen LogP contribution in [0.4, 0.5) is 5.69 Å². The Bertz CT molecular complexity index is 1080. The van der Waals surface area contributed by atoms with Crippen molar-refractivity contribution in [2.75, 3.05) is 38.2 Å². The number of rotatable bonds is 12. The molecule has 204 valence electrons. The molecule has 1 unspecified atom stereocenters. The third kappa shape index (κ3) is 8.69. The quantitative estimate of drug-likeness (QED) is 0.224. The van der Waals surface area contributed by atoms with E-state index in [0.717, 1.165) is 56.4 Å². The van der Waals surface area contributed by atoms with Gasteiger partial charge in [0, 0.05) is 17.7 Å². The maximum atomic E-state index is 12.9. The van der Waals surface area contributed by atoms with Gasteiger partial charge >= 0.3 is 5.97 Å². The summed E-state index contributed by atoms with van der Waals surface area (Å²) in [4.78, 5) is 25.2. The zero-order valence-corrected chi connectivity index (χ0v) is 22.6. The highest BCUT2D eigenvalue weighted by Gasteiger charge is 2.22. The van der Waals surface area contributed by atoms with Crippen LogP contribution in [0.1, 0.15) is 78.9 Å². The summed E-state index contributed by atoms with van der Waals surface area (Å²) in [5, 5.41) is 9.51. The Balaban J connectivity index is 1.25. The van der Waals surface area contributed by atoms with Crippen molar-refractivity contribution >= 4 is 23.8 Å². The Hall–Kier alpha value is -3.19. The number of unbranched alkanes of at least 4 members (excludes halogenated alkanes) is 4. The zero-order chi connectivity index (χ0) is 26.6. The lowest BCUT2D eigenvalue weighted by molar-refractivity contribution is -0.145. The number of ether oxygens (including phenoxy) is 2. The summed E-state index contributed by atoms with van der Waals surface area (Å²) < 4.78 is 10.8. The Kier molecular flexibility index (Phi) is 10.7. The molecule has 1 N–H and O–H groups in total. The number of morpholine rings is 1. The van der Waals surface area contributed by atoms with Gasteiger partial charge in [-0.2, -0.15) is 5.10 Å². The predicted molar refractivity (Wildman–Crippen MR) is 151 cm³/mol. The minimum Gasteiger partial charge on any atom is -0.466 e. The maximum Gasteiger partial charge on any atom is 0.306 e. The summed E-state index contributed by atoms with van der Waals surface area (Å²) in [5.74, 6) is 0.0565. The third-order valence-corrected chi connectivity index (χ3v) is 7.29. The van der Waals surface area contributed by atoms with Crippen LogP contribution >= 0.6 is 0 Å². The Labute approximate surface area is 226 Å². The van der Waals surface area contributed by atoms with Gasteiger partial charge in [0.25, 0.3) is 5.91 Å². The van der Waals surface area contributed by atoms with Crippen LogP contribution in [0.25, 0.3) is 0 Å². The standard InChI is InChI=1S/C31H41N3O4/c1-2-3-4-5-6-17-38-30(35)21-25-9-10-26-13-14-29(22-28(26)20-25)33-31(36)27-11-7-24(8-12-27)23-32-34-15-18-37-19-16-34/h7-8,11-14,22-23,25H,2-6,9-10,15-21H2,1H3,(H,33,36)/b32-23+. The molecule has 1 aliphatic carbocycles. The summed E-state index contributed by atoms with van der Waals surface area (Å²) in [6, 6.07) is 13.6. The van der Waals surface area contributed by atoms with Crippen LogP contribution < -0.4 is 5.32 Å². The van der Waals surface area contributed by atoms with Gasteiger partial charge in [-0.1, -0.05) is 50.8 Å². The molecule has 2 aromatic rings. The normalized spacial score (nSPS) is 17.3. The fraction of sp³-hybridized carbons (Fsp3) is 0.516. The van der Waals surface area contributed by atoms with E-state index in [9.17, 15) is 9.59 Å². The highest BCUT2D eigenvalue weighted by Crippen LogP contribution is 2.30. The van der Waals surface area contributed by atoms with Crippen LogP contribution in [0.5, 0.6) is 0 Å². The fourth-order valence-corrected chi connectivity index (χ4v) is 5.01. The highest BCUT2D eigenvalue weighted by atomic mass is 16.5. The van der Waals surface area contributed by atoms with Gasteiger partial charge in [0.05, 0.1) is 39.1 Å². The maximum absolute atomic E-state index is 12.9. The number of carbonyl (C=O) groups is 2. The first-order valence-electron chi connectivity index (χ1n) is 14.2. The van der Waals surface area contributed by atoms with E-state index >= 15 is 0 Å². The number of hydrogen-bond acceptors (Lipinski definition) is 6. The molecule has 1 saturated heterocycles. The fourth-order valence-electron chi connectivity index (χ4n) is 5.01. The van der Waals surface area contributed by atoms with Crippen molar-refractivity contribution in [1.29, 1.82) is 0 Å². The zero-order valence-electron chi connectivity index (χ0n) is 22.6. The van der Waals surface area contributed by atoms with Gasteiger partial charge in [0.15, 0.2) is 0 Å². The first-order chi connectivity index (χ1) is 18.6. The number of nitrogens with zero attached hydrogens (tertiary/aromatic N) is 2. The second-order valence-electron chi connectivity index (χ2n) is 10.3. The average molecular weight is 520 g/mol. The van der Waals surface area contributed by atoms with Crippen molar-refractivity contribution in [2.45, 2.75) is 64.7 Å². The van der Waals surface area contributed by atoms with E-state index in [1.165, 1.54) is 30.4 Å². The van der Waals surface area contributed by atoms with Gasteiger partial charge in [-0.3, -0.25) is 14.6 Å². The summed E-state index contributed by atoms with van der Waals surface area (Å²) >= 11 is 0. The van der Waals surface area contributed by atoms with Crippen LogP contribution in [0, 0.1) is 5.92 Å². The molecular formula is C31H41N3O4. The van der Waals surface area contributed by atoms with E-state index < -0.39 is 0 Å². The molecule has 1 aliphatic heterocycles. The van der Waals surface area contributed by atoms with E-state index in [1.54, 1.807) is 0 Å². The second kappa shape index (κ2) is 14.7. The minimum absolute atomic E-state index is 0.0863. The van der Waals surface area contributed by atoms with Gasteiger partial charge in [0.2, 0.25) is 0 Å². The molecule has 38 heavy (non-hydrogen) atoms. The lowest BCUT2D eigenvalue weighted by atomic mass is 9.82. The molecule has 2 aromatic carbocycles. The van der Waals surface area contributed by atoms with Gasteiger partial charge in [-0.05, 0) is 72.6 Å². The van der Waals surface area contributed by atoms with Crippen LogP contribution in [-0.4, -0.2) is 56.0 Å². The Morgan fingerprint density at radius 3 is 2.63 bits per heavy atom. The van der Waals surface area contributed by atoms with Crippen molar-refractivity contribution in [3.8, 4) is 0 Å². The van der Waals surface area contributed by atoms with Crippen molar-refractivity contribution in [3.05, 3.63) is 64.7 Å². The first kappa shape index (κ1) is 27.8. The smallest absolute Gasteiger partial charge is 0.306 e. The van der Waals surface area contributed by atoms with E-state index in [0.29, 0.717) is 31.8 Å². The van der Waals surface area contributed by atoms with Gasteiger partial charge < -0.3 is 14.8 Å². The largest absolute Gasteiger partial charge is 0.466 e. The molecule has 0 bridgehead atoms. The summed E-state index contributed by atoms with van der Waals surface area (Å²) in [6.45, 7) is 5.72. The van der Waals surface area contributed by atoms with Crippen LogP contribution in [-0.2, 0) is 27.1 Å². The molecule has 1 atom stereocenters. The summed E-state index contributed by atoms with van der Waals surface area (Å²) in [5.41, 5.74) is 4.83. The molecule has 0 spiro atoms. The van der Waals surface area contributed by atoms with Crippen LogP contribution in [0.2, 0.25) is 0 Å². The molecule has 4 rings (SSSR count). The summed E-state index contributed by atoms with van der Waals surface area (Å²) in [7, 11) is 0. The number of hydrogen-bond donors (Lipinski definition) is 1. The van der Waals surface area contributed by atoms with Gasteiger partial charge in [0.1, 0.15) is 0 Å². The first-order valence-corrected chi connectivity index (χ1v) is 14.2. The number of aryl methyl sites for hydroxylation is 1. The molecule has 1 amide bonds. The number of benzene rings is 2.